The monoisotopic (exact) mass is 561 g/mol. The fourth-order valence-corrected chi connectivity index (χ4v) is 4.85. The van der Waals surface area contributed by atoms with Gasteiger partial charge in [0.25, 0.3) is 5.09 Å². The van der Waals surface area contributed by atoms with Crippen molar-refractivity contribution in [1.29, 1.82) is 0 Å². The Morgan fingerprint density at radius 2 is 1.88 bits per heavy atom. The number of carbonyl (C=O) groups is 2. The summed E-state index contributed by atoms with van der Waals surface area (Å²) in [6.45, 7) is 16.8. The Labute approximate surface area is 236 Å². The van der Waals surface area contributed by atoms with Crippen molar-refractivity contribution in [3.8, 4) is 11.5 Å². The third-order valence-corrected chi connectivity index (χ3v) is 7.22. The molecule has 0 amide bonds. The van der Waals surface area contributed by atoms with Gasteiger partial charge in [-0.1, -0.05) is 57.9 Å². The van der Waals surface area contributed by atoms with Gasteiger partial charge in [0, 0.05) is 18.4 Å². The molecule has 222 valence electrons. The number of carbonyl (C=O) groups excluding carboxylic acids is 2. The standard InChI is InChI=1S/C30H43NO9/c1-18(2)23-12-11-20(5)15-24(23)27-25(32)16-22(30(7,8)13-9-10-14-37-31(35)36)17-26(27)40-29(34)39-21(6)38-28(33)19(3)4/h15-17,19,21,23-24,32H,1,9-14H2,2-8H3/t21?,23-,24+/m1/s1. The van der Waals surface area contributed by atoms with Gasteiger partial charge in [-0.3, -0.25) is 4.79 Å². The molecule has 10 nitrogen and oxygen atoms in total. The average molecular weight is 562 g/mol. The van der Waals surface area contributed by atoms with Crippen LogP contribution in [0, 0.1) is 22.0 Å². The number of allylic oxidation sites excluding steroid dienone is 3. The minimum atomic E-state index is -1.17. The number of esters is 1. The number of nitrogens with zero attached hydrogens (tertiary/aromatic N) is 1. The summed E-state index contributed by atoms with van der Waals surface area (Å²) in [6.07, 6.45) is 3.34. The summed E-state index contributed by atoms with van der Waals surface area (Å²) in [7, 11) is 0. The van der Waals surface area contributed by atoms with E-state index in [1.54, 1.807) is 26.0 Å². The number of unbranched alkanes of at least 4 members (excludes halogenated alkanes) is 1. The lowest BCUT2D eigenvalue weighted by Crippen LogP contribution is -2.26. The first-order chi connectivity index (χ1) is 18.6. The second-order valence-electron chi connectivity index (χ2n) is 11.5. The van der Waals surface area contributed by atoms with Crippen LogP contribution in [0.15, 0.2) is 35.9 Å². The van der Waals surface area contributed by atoms with Crippen LogP contribution in [0.3, 0.4) is 0 Å². The van der Waals surface area contributed by atoms with Crippen molar-refractivity contribution in [3.05, 3.63) is 57.2 Å². The van der Waals surface area contributed by atoms with E-state index in [0.29, 0.717) is 24.8 Å². The van der Waals surface area contributed by atoms with Crippen molar-refractivity contribution in [2.24, 2.45) is 11.8 Å². The number of benzene rings is 1. The molecule has 1 aliphatic rings. The molecular formula is C30H43NO9. The lowest BCUT2D eigenvalue weighted by molar-refractivity contribution is -0.757. The molecule has 1 N–H and O–H groups in total. The van der Waals surface area contributed by atoms with Crippen LogP contribution < -0.4 is 4.74 Å². The maximum Gasteiger partial charge on any atom is 0.516 e. The van der Waals surface area contributed by atoms with Gasteiger partial charge >= 0.3 is 12.1 Å². The Hall–Kier alpha value is -3.56. The molecule has 0 aromatic heterocycles. The number of phenolic OH excluding ortho intramolecular Hbond substituents is 1. The van der Waals surface area contributed by atoms with Crippen LogP contribution in [0.4, 0.5) is 4.79 Å². The van der Waals surface area contributed by atoms with Gasteiger partial charge in [0.2, 0.25) is 6.29 Å². The molecule has 0 saturated carbocycles. The molecule has 1 unspecified atom stereocenters. The highest BCUT2D eigenvalue weighted by atomic mass is 16.9. The zero-order valence-corrected chi connectivity index (χ0v) is 24.7. The minimum absolute atomic E-state index is 0.00267. The topological polar surface area (TPSA) is 134 Å². The molecule has 0 heterocycles. The number of aromatic hydroxyl groups is 1. The van der Waals surface area contributed by atoms with E-state index < -0.39 is 34.8 Å². The van der Waals surface area contributed by atoms with Gasteiger partial charge in [-0.25, -0.2) is 4.79 Å². The molecule has 3 atom stereocenters. The second kappa shape index (κ2) is 14.2. The first-order valence-corrected chi connectivity index (χ1v) is 13.7. The molecule has 0 spiro atoms. The van der Waals surface area contributed by atoms with Gasteiger partial charge in [0.1, 0.15) is 11.5 Å². The zero-order chi connectivity index (χ0) is 30.2. The highest BCUT2D eigenvalue weighted by Gasteiger charge is 2.33. The van der Waals surface area contributed by atoms with Gasteiger partial charge in [0.15, 0.2) is 0 Å². The van der Waals surface area contributed by atoms with Crippen molar-refractivity contribution in [3.63, 3.8) is 0 Å². The Bertz CT molecular complexity index is 1120. The fourth-order valence-electron chi connectivity index (χ4n) is 4.85. The molecule has 10 heteroatoms. The number of rotatable bonds is 13. The fraction of sp³-hybridized carbons (Fsp3) is 0.600. The van der Waals surface area contributed by atoms with Crippen molar-refractivity contribution in [2.75, 3.05) is 6.61 Å². The lowest BCUT2D eigenvalue weighted by atomic mass is 9.72. The molecule has 2 rings (SSSR count). The highest BCUT2D eigenvalue weighted by Crippen LogP contribution is 2.48. The Kier molecular flexibility index (Phi) is 11.6. The summed E-state index contributed by atoms with van der Waals surface area (Å²) in [6, 6.07) is 3.41. The smallest absolute Gasteiger partial charge is 0.507 e. The Morgan fingerprint density at radius 3 is 2.48 bits per heavy atom. The predicted octanol–water partition coefficient (Wildman–Crippen LogP) is 7.13. The molecule has 1 aromatic carbocycles. The summed E-state index contributed by atoms with van der Waals surface area (Å²) in [5, 5.41) is 21.0. The third kappa shape index (κ3) is 9.27. The second-order valence-corrected chi connectivity index (χ2v) is 11.5. The van der Waals surface area contributed by atoms with E-state index in [4.69, 9.17) is 14.2 Å². The van der Waals surface area contributed by atoms with Crippen LogP contribution in [0.5, 0.6) is 11.5 Å². The van der Waals surface area contributed by atoms with Crippen LogP contribution in [0.25, 0.3) is 0 Å². The Morgan fingerprint density at radius 1 is 1.20 bits per heavy atom. The van der Waals surface area contributed by atoms with Gasteiger partial charge in [-0.05, 0) is 68.6 Å². The molecule has 1 aliphatic carbocycles. The molecule has 0 fully saturated rings. The first kappa shape index (κ1) is 32.7. The lowest BCUT2D eigenvalue weighted by Gasteiger charge is -2.33. The number of ether oxygens (including phenoxy) is 3. The highest BCUT2D eigenvalue weighted by molar-refractivity contribution is 5.72. The summed E-state index contributed by atoms with van der Waals surface area (Å²) < 4.78 is 16.0. The van der Waals surface area contributed by atoms with E-state index >= 15 is 0 Å². The number of hydrogen-bond acceptors (Lipinski definition) is 9. The Balaban J connectivity index is 2.43. The quantitative estimate of drug-likeness (QED) is 0.0507. The van der Waals surface area contributed by atoms with Crippen molar-refractivity contribution in [2.45, 2.75) is 98.2 Å². The van der Waals surface area contributed by atoms with E-state index in [-0.39, 0.29) is 29.9 Å². The number of hydrogen-bond donors (Lipinski definition) is 1. The zero-order valence-electron chi connectivity index (χ0n) is 24.7. The van der Waals surface area contributed by atoms with Gasteiger partial charge in [0.05, 0.1) is 12.5 Å². The van der Waals surface area contributed by atoms with Crippen molar-refractivity contribution >= 4 is 12.1 Å². The summed E-state index contributed by atoms with van der Waals surface area (Å²) >= 11 is 0. The van der Waals surface area contributed by atoms with Crippen LogP contribution in [0.2, 0.25) is 0 Å². The summed E-state index contributed by atoms with van der Waals surface area (Å²) in [4.78, 5) is 39.6. The van der Waals surface area contributed by atoms with E-state index in [1.165, 1.54) is 6.92 Å². The third-order valence-electron chi connectivity index (χ3n) is 7.22. The van der Waals surface area contributed by atoms with E-state index in [0.717, 1.165) is 29.6 Å². The average Bonchev–Trinajstić information content (AvgIpc) is 2.82. The van der Waals surface area contributed by atoms with Crippen LogP contribution in [0.1, 0.15) is 97.6 Å². The molecule has 40 heavy (non-hydrogen) atoms. The van der Waals surface area contributed by atoms with E-state index in [9.17, 15) is 24.8 Å². The van der Waals surface area contributed by atoms with Crippen molar-refractivity contribution < 1.29 is 38.8 Å². The van der Waals surface area contributed by atoms with Gasteiger partial charge in [-0.15, -0.1) is 10.1 Å². The predicted molar refractivity (Wildman–Crippen MR) is 149 cm³/mol. The van der Waals surface area contributed by atoms with Gasteiger partial charge in [-0.2, -0.15) is 0 Å². The maximum absolute atomic E-state index is 12.8. The number of phenols is 1. The maximum atomic E-state index is 12.8. The first-order valence-electron chi connectivity index (χ1n) is 13.7. The van der Waals surface area contributed by atoms with Crippen LogP contribution >= 0.6 is 0 Å². The van der Waals surface area contributed by atoms with E-state index in [1.807, 2.05) is 27.7 Å². The summed E-state index contributed by atoms with van der Waals surface area (Å²) in [5.74, 6) is -1.03. The normalized spacial score (nSPS) is 17.9. The van der Waals surface area contributed by atoms with Crippen molar-refractivity contribution in [1.82, 2.24) is 0 Å². The molecule has 1 aromatic rings. The summed E-state index contributed by atoms with van der Waals surface area (Å²) in [5.41, 5.74) is 2.81. The largest absolute Gasteiger partial charge is 0.516 e. The van der Waals surface area contributed by atoms with Crippen LogP contribution in [-0.2, 0) is 24.5 Å². The minimum Gasteiger partial charge on any atom is -0.507 e. The SMILES string of the molecule is C=C(C)[C@H]1CCC(C)=C[C@@H]1c1c(O)cc(C(C)(C)CCCCO[N+](=O)[O-])cc1OC(=O)OC(C)OC(=O)C(C)C. The van der Waals surface area contributed by atoms with Crippen LogP contribution in [-0.4, -0.2) is 35.2 Å². The molecule has 0 bridgehead atoms. The molecule has 0 aliphatic heterocycles. The van der Waals surface area contributed by atoms with E-state index in [2.05, 4.69) is 17.5 Å². The molecular weight excluding hydrogens is 518 g/mol. The van der Waals surface area contributed by atoms with Gasteiger partial charge < -0.3 is 24.2 Å². The molecule has 0 saturated heterocycles. The molecule has 0 radical (unpaired) electrons.